The van der Waals surface area contributed by atoms with E-state index in [4.69, 9.17) is 11.6 Å². The van der Waals surface area contributed by atoms with Gasteiger partial charge in [-0.15, -0.1) is 0 Å². The summed E-state index contributed by atoms with van der Waals surface area (Å²) >= 11 is 6.05. The number of aromatic nitrogens is 2. The summed E-state index contributed by atoms with van der Waals surface area (Å²) in [6.07, 6.45) is 1.94. The van der Waals surface area contributed by atoms with E-state index in [1.165, 1.54) is 6.07 Å². The largest absolute Gasteiger partial charge is 0.308 e. The molecule has 1 aromatic heterocycles. The van der Waals surface area contributed by atoms with Gasteiger partial charge in [0.25, 0.3) is 0 Å². The van der Waals surface area contributed by atoms with Crippen LogP contribution in [0.5, 0.6) is 0 Å². The monoisotopic (exact) mass is 309 g/mol. The van der Waals surface area contributed by atoms with Crippen molar-refractivity contribution in [2.45, 2.75) is 46.3 Å². The molecule has 2 rings (SSSR count). The van der Waals surface area contributed by atoms with Gasteiger partial charge >= 0.3 is 0 Å². The van der Waals surface area contributed by atoms with E-state index in [1.807, 2.05) is 13.1 Å². The molecule has 1 heterocycles. The van der Waals surface area contributed by atoms with Gasteiger partial charge in [-0.2, -0.15) is 5.10 Å². The molecule has 0 aliphatic carbocycles. The number of nitrogens with one attached hydrogen (secondary N) is 1. The fourth-order valence-electron chi connectivity index (χ4n) is 2.02. The van der Waals surface area contributed by atoms with Gasteiger partial charge in [0.1, 0.15) is 5.82 Å². The van der Waals surface area contributed by atoms with E-state index in [0.29, 0.717) is 17.1 Å². The van der Waals surface area contributed by atoms with Gasteiger partial charge in [0.05, 0.1) is 12.2 Å². The third-order valence-corrected chi connectivity index (χ3v) is 3.59. The van der Waals surface area contributed by atoms with Gasteiger partial charge in [0, 0.05) is 34.4 Å². The van der Waals surface area contributed by atoms with Gasteiger partial charge in [-0.1, -0.05) is 17.7 Å². The summed E-state index contributed by atoms with van der Waals surface area (Å²) in [5.74, 6) is -0.301. The standard InChI is InChI=1S/C16H21ClFN3/c1-11-12(8-19-16(2,3)4)9-21(20-11)10-13-14(17)6-5-7-15(13)18/h5-7,9,19H,8,10H2,1-4H3. The fraction of sp³-hybridized carbons (Fsp3) is 0.438. The first-order valence-corrected chi connectivity index (χ1v) is 7.35. The van der Waals surface area contributed by atoms with Gasteiger partial charge in [-0.25, -0.2) is 4.39 Å². The summed E-state index contributed by atoms with van der Waals surface area (Å²) in [7, 11) is 0. The van der Waals surface area contributed by atoms with Crippen molar-refractivity contribution in [3.63, 3.8) is 0 Å². The molecule has 0 atom stereocenters. The van der Waals surface area contributed by atoms with Crippen LogP contribution in [0.3, 0.4) is 0 Å². The summed E-state index contributed by atoms with van der Waals surface area (Å²) in [6.45, 7) is 9.38. The zero-order valence-electron chi connectivity index (χ0n) is 12.9. The summed E-state index contributed by atoms with van der Waals surface area (Å²) in [4.78, 5) is 0. The molecular weight excluding hydrogens is 289 g/mol. The number of nitrogens with zero attached hydrogens (tertiary/aromatic N) is 2. The predicted octanol–water partition coefficient (Wildman–Crippen LogP) is 3.92. The van der Waals surface area contributed by atoms with Crippen LogP contribution in [0, 0.1) is 12.7 Å². The maximum absolute atomic E-state index is 13.8. The lowest BCUT2D eigenvalue weighted by atomic mass is 10.1. The van der Waals surface area contributed by atoms with Gasteiger partial charge in [0.15, 0.2) is 0 Å². The van der Waals surface area contributed by atoms with Crippen LogP contribution in [0.1, 0.15) is 37.6 Å². The Kier molecular flexibility index (Phi) is 4.69. The molecule has 114 valence electrons. The lowest BCUT2D eigenvalue weighted by Crippen LogP contribution is -2.35. The average molecular weight is 310 g/mol. The van der Waals surface area contributed by atoms with Gasteiger partial charge in [-0.05, 0) is 39.8 Å². The van der Waals surface area contributed by atoms with Crippen molar-refractivity contribution >= 4 is 11.6 Å². The van der Waals surface area contributed by atoms with Crippen molar-refractivity contribution in [2.24, 2.45) is 0 Å². The maximum Gasteiger partial charge on any atom is 0.129 e. The zero-order valence-corrected chi connectivity index (χ0v) is 13.6. The van der Waals surface area contributed by atoms with Crippen molar-refractivity contribution in [1.82, 2.24) is 15.1 Å². The van der Waals surface area contributed by atoms with Crippen LogP contribution in [0.25, 0.3) is 0 Å². The second-order valence-corrected chi connectivity index (χ2v) is 6.65. The molecule has 0 amide bonds. The SMILES string of the molecule is Cc1nn(Cc2c(F)cccc2Cl)cc1CNC(C)(C)C. The van der Waals surface area contributed by atoms with Crippen LogP contribution >= 0.6 is 11.6 Å². The van der Waals surface area contributed by atoms with E-state index < -0.39 is 0 Å². The van der Waals surface area contributed by atoms with Crippen LogP contribution in [0.2, 0.25) is 5.02 Å². The van der Waals surface area contributed by atoms with E-state index in [9.17, 15) is 4.39 Å². The smallest absolute Gasteiger partial charge is 0.129 e. The number of benzene rings is 1. The Hall–Kier alpha value is -1.39. The highest BCUT2D eigenvalue weighted by molar-refractivity contribution is 6.31. The molecule has 0 aliphatic heterocycles. The first-order chi connectivity index (χ1) is 9.76. The maximum atomic E-state index is 13.8. The number of hydrogen-bond donors (Lipinski definition) is 1. The molecule has 0 aliphatic rings. The molecule has 0 unspecified atom stereocenters. The second-order valence-electron chi connectivity index (χ2n) is 6.24. The molecule has 0 saturated carbocycles. The number of rotatable bonds is 4. The van der Waals surface area contributed by atoms with Crippen LogP contribution in [-0.4, -0.2) is 15.3 Å². The molecule has 0 spiro atoms. The van der Waals surface area contributed by atoms with E-state index in [0.717, 1.165) is 17.8 Å². The minimum Gasteiger partial charge on any atom is -0.308 e. The molecule has 1 N–H and O–H groups in total. The summed E-state index contributed by atoms with van der Waals surface area (Å²) in [6, 6.07) is 4.71. The van der Waals surface area contributed by atoms with Crippen molar-refractivity contribution < 1.29 is 4.39 Å². The van der Waals surface area contributed by atoms with E-state index >= 15 is 0 Å². The van der Waals surface area contributed by atoms with E-state index in [2.05, 4.69) is 31.2 Å². The minimum atomic E-state index is -0.301. The summed E-state index contributed by atoms with van der Waals surface area (Å²) in [5, 5.41) is 8.29. The Morgan fingerprint density at radius 3 is 2.67 bits per heavy atom. The molecule has 2 aromatic rings. The molecule has 5 heteroatoms. The van der Waals surface area contributed by atoms with Crippen molar-refractivity contribution in [3.05, 3.63) is 52.1 Å². The normalized spacial score (nSPS) is 11.9. The van der Waals surface area contributed by atoms with Gasteiger partial charge in [-0.3, -0.25) is 4.68 Å². The van der Waals surface area contributed by atoms with Crippen molar-refractivity contribution in [3.8, 4) is 0 Å². The third-order valence-electron chi connectivity index (χ3n) is 3.24. The summed E-state index contributed by atoms with van der Waals surface area (Å²) in [5.41, 5.74) is 2.57. The minimum absolute atomic E-state index is 0.0450. The number of hydrogen-bond acceptors (Lipinski definition) is 2. The Bertz CT molecular complexity index is 609. The lowest BCUT2D eigenvalue weighted by Gasteiger charge is -2.20. The van der Waals surface area contributed by atoms with Crippen LogP contribution in [0.4, 0.5) is 4.39 Å². The molecule has 3 nitrogen and oxygen atoms in total. The topological polar surface area (TPSA) is 29.9 Å². The molecule has 1 aromatic carbocycles. The zero-order chi connectivity index (χ0) is 15.6. The van der Waals surface area contributed by atoms with Crippen molar-refractivity contribution in [1.29, 1.82) is 0 Å². The Morgan fingerprint density at radius 2 is 2.05 bits per heavy atom. The highest BCUT2D eigenvalue weighted by Crippen LogP contribution is 2.20. The van der Waals surface area contributed by atoms with Crippen LogP contribution in [0.15, 0.2) is 24.4 Å². The Balaban J connectivity index is 2.15. The quantitative estimate of drug-likeness (QED) is 0.927. The number of aryl methyl sites for hydroxylation is 1. The highest BCUT2D eigenvalue weighted by Gasteiger charge is 2.13. The first-order valence-electron chi connectivity index (χ1n) is 6.97. The van der Waals surface area contributed by atoms with Gasteiger partial charge < -0.3 is 5.32 Å². The molecule has 0 saturated heterocycles. The molecule has 0 fully saturated rings. The molecular formula is C16H21ClFN3. The Labute approximate surface area is 130 Å². The van der Waals surface area contributed by atoms with E-state index in [-0.39, 0.29) is 11.4 Å². The van der Waals surface area contributed by atoms with Gasteiger partial charge in [0.2, 0.25) is 0 Å². The number of halogens is 2. The molecule has 0 radical (unpaired) electrons. The Morgan fingerprint density at radius 1 is 1.33 bits per heavy atom. The van der Waals surface area contributed by atoms with Crippen molar-refractivity contribution in [2.75, 3.05) is 0 Å². The van der Waals surface area contributed by atoms with E-state index in [1.54, 1.807) is 16.8 Å². The lowest BCUT2D eigenvalue weighted by molar-refractivity contribution is 0.423. The first kappa shape index (κ1) is 16.0. The second kappa shape index (κ2) is 6.16. The predicted molar refractivity (Wildman–Crippen MR) is 84.1 cm³/mol. The highest BCUT2D eigenvalue weighted by atomic mass is 35.5. The fourth-order valence-corrected chi connectivity index (χ4v) is 2.24. The van der Waals surface area contributed by atoms with Crippen LogP contribution in [-0.2, 0) is 13.1 Å². The third kappa shape index (κ3) is 4.29. The molecule has 21 heavy (non-hydrogen) atoms. The van der Waals surface area contributed by atoms with Crippen LogP contribution < -0.4 is 5.32 Å². The summed E-state index contributed by atoms with van der Waals surface area (Å²) < 4.78 is 15.5. The molecule has 0 bridgehead atoms. The average Bonchev–Trinajstić information content (AvgIpc) is 2.71.